The summed E-state index contributed by atoms with van der Waals surface area (Å²) in [6, 6.07) is 8.97. The van der Waals surface area contributed by atoms with Gasteiger partial charge in [0.1, 0.15) is 6.61 Å². The van der Waals surface area contributed by atoms with Crippen molar-refractivity contribution in [3.63, 3.8) is 0 Å². The predicted octanol–water partition coefficient (Wildman–Crippen LogP) is 3.41. The van der Waals surface area contributed by atoms with Gasteiger partial charge in [-0.15, -0.1) is 0 Å². The number of carbonyl (C=O) groups is 2. The molecule has 0 aliphatic carbocycles. The molecule has 3 rings (SSSR count). The van der Waals surface area contributed by atoms with E-state index in [0.29, 0.717) is 62.8 Å². The maximum Gasteiger partial charge on any atom is 0.409 e. The lowest BCUT2D eigenvalue weighted by Crippen LogP contribution is -2.46. The average Bonchev–Trinajstić information content (AvgIpc) is 2.79. The Hall–Kier alpha value is -3.29. The molecule has 8 nitrogen and oxygen atoms in total. The van der Waals surface area contributed by atoms with Crippen molar-refractivity contribution >= 4 is 12.0 Å². The van der Waals surface area contributed by atoms with Crippen molar-refractivity contribution in [3.05, 3.63) is 53.9 Å². The number of hydrogen-bond donors (Lipinski definition) is 1. The van der Waals surface area contributed by atoms with Crippen LogP contribution in [0.15, 0.2) is 42.7 Å². The first-order valence-electron chi connectivity index (χ1n) is 10.6. The first kappa shape index (κ1) is 22.4. The van der Waals surface area contributed by atoms with Crippen LogP contribution in [-0.4, -0.2) is 54.2 Å². The van der Waals surface area contributed by atoms with Gasteiger partial charge in [-0.1, -0.05) is 0 Å². The molecule has 1 N–H and O–H groups in total. The standard InChI is InChI=1S/C23H29N3O5/c1-3-29-21-15-18(5-6-20(21)31-16-17-7-11-24-12-8-17)22(27)25-19-9-13-26(14-10-19)23(28)30-4-2/h5-8,11-12,15,19H,3-4,9-10,13-14,16H2,1-2H3,(H,25,27). The van der Waals surface area contributed by atoms with E-state index in [2.05, 4.69) is 10.3 Å². The van der Waals surface area contributed by atoms with E-state index < -0.39 is 0 Å². The van der Waals surface area contributed by atoms with Crippen LogP contribution in [0.1, 0.15) is 42.6 Å². The highest BCUT2D eigenvalue weighted by Gasteiger charge is 2.25. The lowest BCUT2D eigenvalue weighted by Gasteiger charge is -2.31. The van der Waals surface area contributed by atoms with Gasteiger partial charge in [0.05, 0.1) is 13.2 Å². The number of rotatable bonds is 8. The van der Waals surface area contributed by atoms with E-state index in [9.17, 15) is 9.59 Å². The summed E-state index contributed by atoms with van der Waals surface area (Å²) in [6.07, 6.45) is 4.52. The third-order valence-corrected chi connectivity index (χ3v) is 5.01. The summed E-state index contributed by atoms with van der Waals surface area (Å²) in [5.41, 5.74) is 1.50. The molecule has 2 aromatic rings. The number of benzene rings is 1. The Kier molecular flexibility index (Phi) is 8.09. The van der Waals surface area contributed by atoms with Gasteiger partial charge < -0.3 is 24.4 Å². The molecular weight excluding hydrogens is 398 g/mol. The molecule has 1 saturated heterocycles. The highest BCUT2D eigenvalue weighted by atomic mass is 16.6. The van der Waals surface area contributed by atoms with Gasteiger partial charge in [0.15, 0.2) is 11.5 Å². The number of amides is 2. The summed E-state index contributed by atoms with van der Waals surface area (Å²) >= 11 is 0. The van der Waals surface area contributed by atoms with Gasteiger partial charge >= 0.3 is 6.09 Å². The van der Waals surface area contributed by atoms with Crippen molar-refractivity contribution in [3.8, 4) is 11.5 Å². The number of pyridine rings is 1. The van der Waals surface area contributed by atoms with Crippen LogP contribution >= 0.6 is 0 Å². The van der Waals surface area contributed by atoms with E-state index in [4.69, 9.17) is 14.2 Å². The van der Waals surface area contributed by atoms with E-state index in [0.717, 1.165) is 5.56 Å². The quantitative estimate of drug-likeness (QED) is 0.694. The van der Waals surface area contributed by atoms with E-state index >= 15 is 0 Å². The van der Waals surface area contributed by atoms with E-state index in [1.807, 2.05) is 19.1 Å². The van der Waals surface area contributed by atoms with Crippen molar-refractivity contribution in [2.45, 2.75) is 39.3 Å². The summed E-state index contributed by atoms with van der Waals surface area (Å²) in [7, 11) is 0. The molecule has 1 fully saturated rings. The van der Waals surface area contributed by atoms with Crippen molar-refractivity contribution in [2.24, 2.45) is 0 Å². The number of likely N-dealkylation sites (tertiary alicyclic amines) is 1. The van der Waals surface area contributed by atoms with Crippen LogP contribution in [0.3, 0.4) is 0 Å². The molecule has 1 aliphatic rings. The van der Waals surface area contributed by atoms with E-state index in [1.54, 1.807) is 42.4 Å². The zero-order chi connectivity index (χ0) is 22.1. The lowest BCUT2D eigenvalue weighted by molar-refractivity contribution is 0.0859. The molecule has 31 heavy (non-hydrogen) atoms. The maximum atomic E-state index is 12.8. The zero-order valence-electron chi connectivity index (χ0n) is 18.0. The molecule has 1 aromatic carbocycles. The second-order valence-corrected chi connectivity index (χ2v) is 7.17. The molecule has 0 bridgehead atoms. The number of carbonyl (C=O) groups excluding carboxylic acids is 2. The largest absolute Gasteiger partial charge is 0.490 e. The van der Waals surface area contributed by atoms with Crippen LogP contribution in [0.4, 0.5) is 4.79 Å². The minimum Gasteiger partial charge on any atom is -0.490 e. The van der Waals surface area contributed by atoms with Crippen molar-refractivity contribution in [1.82, 2.24) is 15.2 Å². The van der Waals surface area contributed by atoms with Gasteiger partial charge in [-0.05, 0) is 62.6 Å². The second-order valence-electron chi connectivity index (χ2n) is 7.17. The summed E-state index contributed by atoms with van der Waals surface area (Å²) in [4.78, 5) is 30.2. The first-order valence-corrected chi connectivity index (χ1v) is 10.6. The number of aromatic nitrogens is 1. The first-order chi connectivity index (χ1) is 15.1. The molecule has 2 heterocycles. The van der Waals surface area contributed by atoms with Crippen LogP contribution in [0.2, 0.25) is 0 Å². The van der Waals surface area contributed by atoms with Crippen LogP contribution < -0.4 is 14.8 Å². The molecular formula is C23H29N3O5. The number of hydrogen-bond acceptors (Lipinski definition) is 6. The number of nitrogens with one attached hydrogen (secondary N) is 1. The zero-order valence-corrected chi connectivity index (χ0v) is 18.0. The Morgan fingerprint density at radius 1 is 1.03 bits per heavy atom. The van der Waals surface area contributed by atoms with Crippen LogP contribution in [-0.2, 0) is 11.3 Å². The van der Waals surface area contributed by atoms with Gasteiger partial charge in [0.25, 0.3) is 5.91 Å². The number of nitrogens with zero attached hydrogens (tertiary/aromatic N) is 2. The highest BCUT2D eigenvalue weighted by Crippen LogP contribution is 2.29. The topological polar surface area (TPSA) is 90.0 Å². The summed E-state index contributed by atoms with van der Waals surface area (Å²) in [6.45, 7) is 6.01. The molecule has 0 spiro atoms. The number of piperidine rings is 1. The normalized spacial score (nSPS) is 14.1. The van der Waals surface area contributed by atoms with Crippen LogP contribution in [0.5, 0.6) is 11.5 Å². The van der Waals surface area contributed by atoms with E-state index in [-0.39, 0.29) is 18.0 Å². The highest BCUT2D eigenvalue weighted by molar-refractivity contribution is 5.95. The van der Waals surface area contributed by atoms with Gasteiger partial charge in [-0.2, -0.15) is 0 Å². The van der Waals surface area contributed by atoms with Gasteiger partial charge in [-0.3, -0.25) is 9.78 Å². The second kappa shape index (κ2) is 11.2. The summed E-state index contributed by atoms with van der Waals surface area (Å²) in [5, 5.41) is 3.05. The third-order valence-electron chi connectivity index (χ3n) is 5.01. The Labute approximate surface area is 182 Å². The fourth-order valence-electron chi connectivity index (χ4n) is 3.37. The van der Waals surface area contributed by atoms with Crippen LogP contribution in [0.25, 0.3) is 0 Å². The average molecular weight is 428 g/mol. The van der Waals surface area contributed by atoms with Gasteiger partial charge in [0, 0.05) is 37.1 Å². The molecule has 0 radical (unpaired) electrons. The molecule has 2 amide bonds. The number of ether oxygens (including phenoxy) is 3. The maximum absolute atomic E-state index is 12.8. The molecule has 8 heteroatoms. The Morgan fingerprint density at radius 3 is 2.45 bits per heavy atom. The lowest BCUT2D eigenvalue weighted by atomic mass is 10.0. The molecule has 0 saturated carbocycles. The van der Waals surface area contributed by atoms with Gasteiger partial charge in [0.2, 0.25) is 0 Å². The van der Waals surface area contributed by atoms with Crippen molar-refractivity contribution < 1.29 is 23.8 Å². The predicted molar refractivity (Wildman–Crippen MR) is 115 cm³/mol. The summed E-state index contributed by atoms with van der Waals surface area (Å²) in [5.74, 6) is 0.940. The van der Waals surface area contributed by atoms with E-state index in [1.165, 1.54) is 0 Å². The molecule has 1 aromatic heterocycles. The minimum absolute atomic E-state index is 0.0105. The van der Waals surface area contributed by atoms with Gasteiger partial charge in [-0.25, -0.2) is 4.79 Å². The third kappa shape index (κ3) is 6.34. The minimum atomic E-state index is -0.295. The van der Waals surface area contributed by atoms with Crippen LogP contribution in [0, 0.1) is 0 Å². The Bertz CT molecular complexity index is 867. The Balaban J connectivity index is 1.58. The molecule has 166 valence electrons. The summed E-state index contributed by atoms with van der Waals surface area (Å²) < 4.78 is 16.6. The Morgan fingerprint density at radius 2 is 1.77 bits per heavy atom. The monoisotopic (exact) mass is 427 g/mol. The van der Waals surface area contributed by atoms with Crippen molar-refractivity contribution in [1.29, 1.82) is 0 Å². The van der Waals surface area contributed by atoms with Crippen molar-refractivity contribution in [2.75, 3.05) is 26.3 Å². The SMILES string of the molecule is CCOC(=O)N1CCC(NC(=O)c2ccc(OCc3ccncc3)c(OCC)c2)CC1. The fourth-order valence-corrected chi connectivity index (χ4v) is 3.37. The molecule has 0 atom stereocenters. The molecule has 1 aliphatic heterocycles. The smallest absolute Gasteiger partial charge is 0.409 e. The fraction of sp³-hybridized carbons (Fsp3) is 0.435. The molecule has 0 unspecified atom stereocenters.